The molecule has 29 heavy (non-hydrogen) atoms. The Kier molecular flexibility index (Phi) is 5.32. The number of nitrogens with zero attached hydrogens (tertiary/aromatic N) is 4. The first-order valence-electron chi connectivity index (χ1n) is 8.38. The van der Waals surface area contributed by atoms with Gasteiger partial charge in [0.05, 0.1) is 28.6 Å². The minimum Gasteiger partial charge on any atom is -0.497 e. The molecule has 2 heterocycles. The molecule has 148 valence electrons. The molecular formula is C18H15FN6O2S2. The SMILES string of the molecule is COc1ccc2nc(NC(=O)CSc3nnc(-c4ccccc4F)n3N)sc2c1. The fourth-order valence-electron chi connectivity index (χ4n) is 2.57. The molecule has 0 unspecified atom stereocenters. The average molecular weight is 430 g/mol. The van der Waals surface area contributed by atoms with E-state index in [4.69, 9.17) is 10.6 Å². The van der Waals surface area contributed by atoms with E-state index in [1.807, 2.05) is 18.2 Å². The van der Waals surface area contributed by atoms with Crippen molar-refractivity contribution < 1.29 is 13.9 Å². The van der Waals surface area contributed by atoms with Crippen LogP contribution in [0.25, 0.3) is 21.6 Å². The van der Waals surface area contributed by atoms with E-state index < -0.39 is 5.82 Å². The minimum absolute atomic E-state index is 0.0475. The van der Waals surface area contributed by atoms with E-state index in [1.165, 1.54) is 22.1 Å². The van der Waals surface area contributed by atoms with Crippen molar-refractivity contribution in [2.45, 2.75) is 5.16 Å². The summed E-state index contributed by atoms with van der Waals surface area (Å²) >= 11 is 2.45. The largest absolute Gasteiger partial charge is 0.497 e. The molecule has 0 spiro atoms. The Morgan fingerprint density at radius 2 is 2.14 bits per heavy atom. The second-order valence-corrected chi connectivity index (χ2v) is 7.82. The van der Waals surface area contributed by atoms with Crippen molar-refractivity contribution in [1.29, 1.82) is 0 Å². The Morgan fingerprint density at radius 3 is 2.93 bits per heavy atom. The predicted molar refractivity (Wildman–Crippen MR) is 111 cm³/mol. The van der Waals surface area contributed by atoms with Crippen molar-refractivity contribution in [1.82, 2.24) is 19.9 Å². The number of carbonyl (C=O) groups is 1. The molecule has 4 rings (SSSR count). The van der Waals surface area contributed by atoms with Gasteiger partial charge in [-0.1, -0.05) is 35.2 Å². The molecule has 0 aliphatic heterocycles. The maximum absolute atomic E-state index is 13.9. The zero-order chi connectivity index (χ0) is 20.4. The Hall–Kier alpha value is -3.18. The summed E-state index contributed by atoms with van der Waals surface area (Å²) in [7, 11) is 1.59. The van der Waals surface area contributed by atoms with Gasteiger partial charge in [-0.3, -0.25) is 4.79 Å². The van der Waals surface area contributed by atoms with Gasteiger partial charge >= 0.3 is 0 Å². The molecule has 2 aromatic heterocycles. The number of rotatable bonds is 6. The summed E-state index contributed by atoms with van der Waals surface area (Å²) in [4.78, 5) is 16.7. The molecule has 2 aromatic carbocycles. The third kappa shape index (κ3) is 4.00. The van der Waals surface area contributed by atoms with Gasteiger partial charge in [-0.2, -0.15) is 0 Å². The summed E-state index contributed by atoms with van der Waals surface area (Å²) in [6.07, 6.45) is 0. The molecule has 4 aromatic rings. The fourth-order valence-corrected chi connectivity index (χ4v) is 4.14. The number of methoxy groups -OCH3 is 1. The molecule has 3 N–H and O–H groups in total. The standard InChI is InChI=1S/C18H15FN6O2S2/c1-27-10-6-7-13-14(8-10)29-17(21-13)22-15(26)9-28-18-24-23-16(25(18)20)11-4-2-3-5-12(11)19/h2-8H,9,20H2,1H3,(H,21,22,26). The van der Waals surface area contributed by atoms with Crippen LogP contribution in [0.15, 0.2) is 47.6 Å². The van der Waals surface area contributed by atoms with Crippen LogP contribution in [0.1, 0.15) is 0 Å². The fraction of sp³-hybridized carbons (Fsp3) is 0.111. The van der Waals surface area contributed by atoms with Gasteiger partial charge in [-0.15, -0.1) is 10.2 Å². The van der Waals surface area contributed by atoms with E-state index in [0.717, 1.165) is 27.7 Å². The average Bonchev–Trinajstić information content (AvgIpc) is 3.28. The first-order chi connectivity index (χ1) is 14.0. The van der Waals surface area contributed by atoms with Gasteiger partial charge in [-0.25, -0.2) is 14.1 Å². The van der Waals surface area contributed by atoms with Crippen molar-refractivity contribution >= 4 is 44.4 Å². The van der Waals surface area contributed by atoms with Gasteiger partial charge in [0.15, 0.2) is 11.0 Å². The van der Waals surface area contributed by atoms with Crippen LogP contribution in [0.4, 0.5) is 9.52 Å². The van der Waals surface area contributed by atoms with E-state index in [-0.39, 0.29) is 23.0 Å². The van der Waals surface area contributed by atoms with Crippen molar-refractivity contribution in [2.24, 2.45) is 0 Å². The molecule has 11 heteroatoms. The lowest BCUT2D eigenvalue weighted by Crippen LogP contribution is -2.16. The maximum atomic E-state index is 13.9. The Labute approximate surface area is 172 Å². The number of thioether (sulfide) groups is 1. The van der Waals surface area contributed by atoms with Crippen LogP contribution >= 0.6 is 23.1 Å². The molecule has 0 fully saturated rings. The lowest BCUT2D eigenvalue weighted by atomic mass is 10.2. The second kappa shape index (κ2) is 8.05. The zero-order valence-electron chi connectivity index (χ0n) is 15.1. The highest BCUT2D eigenvalue weighted by Gasteiger charge is 2.17. The van der Waals surface area contributed by atoms with Gasteiger partial charge in [0.1, 0.15) is 11.6 Å². The quantitative estimate of drug-likeness (QED) is 0.357. The van der Waals surface area contributed by atoms with Crippen LogP contribution in [0.2, 0.25) is 0 Å². The number of ether oxygens (including phenoxy) is 1. The lowest BCUT2D eigenvalue weighted by Gasteiger charge is -2.04. The highest BCUT2D eigenvalue weighted by atomic mass is 32.2. The number of carbonyl (C=O) groups excluding carboxylic acids is 1. The summed E-state index contributed by atoms with van der Waals surface area (Å²) in [5.41, 5.74) is 1.01. The number of anilines is 1. The highest BCUT2D eigenvalue weighted by Crippen LogP contribution is 2.29. The monoisotopic (exact) mass is 430 g/mol. The van der Waals surface area contributed by atoms with Crippen LogP contribution in [0, 0.1) is 5.82 Å². The number of halogens is 1. The van der Waals surface area contributed by atoms with Gasteiger partial charge in [-0.05, 0) is 30.3 Å². The molecule has 0 atom stereocenters. The van der Waals surface area contributed by atoms with Crippen LogP contribution < -0.4 is 15.9 Å². The zero-order valence-corrected chi connectivity index (χ0v) is 16.8. The van der Waals surface area contributed by atoms with E-state index in [1.54, 1.807) is 25.3 Å². The Bertz CT molecular complexity index is 1190. The first-order valence-corrected chi connectivity index (χ1v) is 10.2. The number of nitrogens with one attached hydrogen (secondary N) is 1. The molecule has 0 bridgehead atoms. The second-order valence-electron chi connectivity index (χ2n) is 5.85. The summed E-state index contributed by atoms with van der Waals surface area (Å²) in [5.74, 6) is 6.21. The topological polar surface area (TPSA) is 108 Å². The number of thiazole rings is 1. The van der Waals surface area contributed by atoms with Crippen molar-refractivity contribution in [3.05, 3.63) is 48.3 Å². The third-order valence-corrected chi connectivity index (χ3v) is 5.83. The van der Waals surface area contributed by atoms with E-state index in [2.05, 4.69) is 20.5 Å². The number of nitrogens with two attached hydrogens (primary N) is 1. The van der Waals surface area contributed by atoms with Gasteiger partial charge in [0, 0.05) is 0 Å². The summed E-state index contributed by atoms with van der Waals surface area (Å²) in [6.45, 7) is 0. The van der Waals surface area contributed by atoms with Crippen LogP contribution in [-0.4, -0.2) is 38.6 Å². The molecule has 0 aliphatic carbocycles. The van der Waals surface area contributed by atoms with Gasteiger partial charge < -0.3 is 15.9 Å². The normalized spacial score (nSPS) is 11.0. The molecule has 1 amide bonds. The maximum Gasteiger partial charge on any atom is 0.236 e. The van der Waals surface area contributed by atoms with Gasteiger partial charge in [0.25, 0.3) is 0 Å². The minimum atomic E-state index is -0.451. The number of nitrogen functional groups attached to an aromatic ring is 1. The highest BCUT2D eigenvalue weighted by molar-refractivity contribution is 7.99. The number of amides is 1. The number of hydrogen-bond donors (Lipinski definition) is 2. The van der Waals surface area contributed by atoms with E-state index in [9.17, 15) is 9.18 Å². The Morgan fingerprint density at radius 1 is 1.31 bits per heavy atom. The molecule has 0 aliphatic rings. The van der Waals surface area contributed by atoms with E-state index in [0.29, 0.717) is 10.3 Å². The smallest absolute Gasteiger partial charge is 0.236 e. The van der Waals surface area contributed by atoms with Crippen LogP contribution in [0.3, 0.4) is 0 Å². The molecule has 0 saturated heterocycles. The number of hydrogen-bond acceptors (Lipinski definition) is 8. The summed E-state index contributed by atoms with van der Waals surface area (Å²) in [6, 6.07) is 11.6. The van der Waals surface area contributed by atoms with Crippen molar-refractivity contribution in [3.63, 3.8) is 0 Å². The van der Waals surface area contributed by atoms with Crippen LogP contribution in [0.5, 0.6) is 5.75 Å². The number of aromatic nitrogens is 4. The van der Waals surface area contributed by atoms with Crippen molar-refractivity contribution in [2.75, 3.05) is 24.0 Å². The van der Waals surface area contributed by atoms with Crippen molar-refractivity contribution in [3.8, 4) is 17.1 Å². The molecular weight excluding hydrogens is 415 g/mol. The van der Waals surface area contributed by atoms with Gasteiger partial charge in [0.2, 0.25) is 11.1 Å². The summed E-state index contributed by atoms with van der Waals surface area (Å²) < 4.78 is 21.2. The number of benzene rings is 2. The first kappa shape index (κ1) is 19.2. The summed E-state index contributed by atoms with van der Waals surface area (Å²) in [5, 5.41) is 11.4. The number of fused-ring (bicyclic) bond motifs is 1. The Balaban J connectivity index is 1.42. The lowest BCUT2D eigenvalue weighted by molar-refractivity contribution is -0.113. The molecule has 8 nitrogen and oxygen atoms in total. The molecule has 0 saturated carbocycles. The molecule has 0 radical (unpaired) electrons. The van der Waals surface area contributed by atoms with Crippen LogP contribution in [-0.2, 0) is 4.79 Å². The van der Waals surface area contributed by atoms with E-state index >= 15 is 0 Å². The predicted octanol–water partition coefficient (Wildman–Crippen LogP) is 3.15. The third-order valence-electron chi connectivity index (χ3n) is 3.95.